The predicted octanol–water partition coefficient (Wildman–Crippen LogP) is 3.97. The molecule has 0 saturated carbocycles. The Morgan fingerprint density at radius 2 is 1.83 bits per heavy atom. The van der Waals surface area contributed by atoms with Gasteiger partial charge in [-0.25, -0.2) is 5.43 Å². The van der Waals surface area contributed by atoms with Crippen LogP contribution in [0.1, 0.15) is 18.4 Å². The molecule has 0 aromatic heterocycles. The van der Waals surface area contributed by atoms with Crippen LogP contribution in [0.2, 0.25) is 5.02 Å². The average Bonchev–Trinajstić information content (AvgIpc) is 2.53. The summed E-state index contributed by atoms with van der Waals surface area (Å²) in [5, 5.41) is 7.15. The van der Waals surface area contributed by atoms with Crippen molar-refractivity contribution in [2.45, 2.75) is 12.8 Å². The molecule has 124 valence electrons. The van der Waals surface area contributed by atoms with Gasteiger partial charge in [0.1, 0.15) is 0 Å². The molecule has 2 N–H and O–H groups in total. The Morgan fingerprint density at radius 3 is 2.58 bits per heavy atom. The van der Waals surface area contributed by atoms with Gasteiger partial charge in [-0.3, -0.25) is 9.59 Å². The molecule has 24 heavy (non-hydrogen) atoms. The van der Waals surface area contributed by atoms with Gasteiger partial charge in [0.15, 0.2) is 0 Å². The second-order valence-electron chi connectivity index (χ2n) is 4.91. The van der Waals surface area contributed by atoms with Crippen LogP contribution in [0.15, 0.2) is 58.1 Å². The third-order valence-corrected chi connectivity index (χ3v) is 3.67. The van der Waals surface area contributed by atoms with Crippen molar-refractivity contribution in [2.24, 2.45) is 5.10 Å². The van der Waals surface area contributed by atoms with Gasteiger partial charge in [0.25, 0.3) is 0 Å². The molecular weight excluding hydrogens is 394 g/mol. The van der Waals surface area contributed by atoms with Gasteiger partial charge in [-0.2, -0.15) is 5.10 Å². The van der Waals surface area contributed by atoms with Crippen LogP contribution in [0.3, 0.4) is 0 Å². The fourth-order valence-corrected chi connectivity index (χ4v) is 2.44. The Labute approximate surface area is 153 Å². The number of carbonyl (C=O) groups excluding carboxylic acids is 2. The van der Waals surface area contributed by atoms with Gasteiger partial charge in [-0.1, -0.05) is 45.7 Å². The highest BCUT2D eigenvalue weighted by molar-refractivity contribution is 9.10. The first-order valence-electron chi connectivity index (χ1n) is 7.16. The first-order chi connectivity index (χ1) is 11.5. The summed E-state index contributed by atoms with van der Waals surface area (Å²) in [6.45, 7) is 0. The molecule has 0 heterocycles. The van der Waals surface area contributed by atoms with Crippen LogP contribution in [0.25, 0.3) is 0 Å². The quantitative estimate of drug-likeness (QED) is 0.561. The highest BCUT2D eigenvalue weighted by Gasteiger charge is 2.06. The van der Waals surface area contributed by atoms with Crippen molar-refractivity contribution in [1.82, 2.24) is 5.43 Å². The molecule has 0 aliphatic rings. The lowest BCUT2D eigenvalue weighted by molar-refractivity contribution is -0.124. The van der Waals surface area contributed by atoms with Crippen LogP contribution < -0.4 is 10.7 Å². The summed E-state index contributed by atoms with van der Waals surface area (Å²) in [6.07, 6.45) is 1.61. The van der Waals surface area contributed by atoms with Gasteiger partial charge < -0.3 is 5.32 Å². The van der Waals surface area contributed by atoms with Crippen molar-refractivity contribution in [3.63, 3.8) is 0 Å². The molecule has 0 aliphatic carbocycles. The van der Waals surface area contributed by atoms with Crippen molar-refractivity contribution in [3.05, 3.63) is 63.6 Å². The van der Waals surface area contributed by atoms with Crippen LogP contribution in [0.5, 0.6) is 0 Å². The summed E-state index contributed by atoms with van der Waals surface area (Å²) < 4.78 is 0.869. The number of hydrazone groups is 1. The van der Waals surface area contributed by atoms with Crippen LogP contribution in [-0.4, -0.2) is 18.0 Å². The number of benzene rings is 2. The standard InChI is InChI=1S/C17H15BrClN3O2/c18-13-4-2-6-15(10-13)21-16(23)7-8-17(24)22-20-11-12-3-1-5-14(19)9-12/h1-6,9-11H,7-8H2,(H,21,23)(H,22,24)/b20-11+. The highest BCUT2D eigenvalue weighted by Crippen LogP contribution is 2.15. The Balaban J connectivity index is 1.73. The molecule has 5 nitrogen and oxygen atoms in total. The molecule has 2 aromatic rings. The van der Waals surface area contributed by atoms with Gasteiger partial charge in [-0.15, -0.1) is 0 Å². The van der Waals surface area contributed by atoms with Crippen molar-refractivity contribution in [3.8, 4) is 0 Å². The maximum absolute atomic E-state index is 11.8. The van der Waals surface area contributed by atoms with E-state index in [0.29, 0.717) is 10.7 Å². The largest absolute Gasteiger partial charge is 0.326 e. The molecule has 2 rings (SSSR count). The maximum atomic E-state index is 11.8. The monoisotopic (exact) mass is 407 g/mol. The summed E-state index contributed by atoms with van der Waals surface area (Å²) in [4.78, 5) is 23.5. The maximum Gasteiger partial charge on any atom is 0.240 e. The number of hydrogen-bond donors (Lipinski definition) is 2. The van der Waals surface area contributed by atoms with Crippen molar-refractivity contribution < 1.29 is 9.59 Å². The number of anilines is 1. The van der Waals surface area contributed by atoms with Crippen molar-refractivity contribution in [2.75, 3.05) is 5.32 Å². The minimum absolute atomic E-state index is 0.0483. The van der Waals surface area contributed by atoms with Gasteiger partial charge in [0.2, 0.25) is 11.8 Å². The lowest BCUT2D eigenvalue weighted by Gasteiger charge is -2.05. The first kappa shape index (κ1) is 18.2. The number of nitrogens with zero attached hydrogens (tertiary/aromatic N) is 1. The van der Waals surface area contributed by atoms with Crippen LogP contribution >= 0.6 is 27.5 Å². The minimum Gasteiger partial charge on any atom is -0.326 e. The van der Waals surface area contributed by atoms with Gasteiger partial charge in [0, 0.05) is 28.0 Å². The lowest BCUT2D eigenvalue weighted by Crippen LogP contribution is -2.20. The van der Waals surface area contributed by atoms with E-state index in [1.54, 1.807) is 30.3 Å². The summed E-state index contributed by atoms with van der Waals surface area (Å²) in [5.74, 6) is -0.570. The number of amides is 2. The molecule has 0 spiro atoms. The zero-order chi connectivity index (χ0) is 17.4. The lowest BCUT2D eigenvalue weighted by atomic mass is 10.2. The Hall–Kier alpha value is -2.18. The summed E-state index contributed by atoms with van der Waals surface area (Å²) in [5.41, 5.74) is 3.83. The van der Waals surface area contributed by atoms with E-state index in [1.807, 2.05) is 18.2 Å². The number of halogens is 2. The fourth-order valence-electron chi connectivity index (χ4n) is 1.84. The molecule has 0 saturated heterocycles. The smallest absolute Gasteiger partial charge is 0.240 e. The molecule has 0 radical (unpaired) electrons. The SMILES string of the molecule is O=C(CCC(=O)Nc1cccc(Br)c1)N/N=C/c1cccc(Cl)c1. The normalized spacial score (nSPS) is 10.6. The molecule has 0 aliphatic heterocycles. The molecular formula is C17H15BrClN3O2. The highest BCUT2D eigenvalue weighted by atomic mass is 79.9. The zero-order valence-electron chi connectivity index (χ0n) is 12.6. The van der Waals surface area contributed by atoms with Crippen molar-refractivity contribution >= 4 is 51.2 Å². The van der Waals surface area contributed by atoms with Crippen LogP contribution in [0, 0.1) is 0 Å². The number of carbonyl (C=O) groups is 2. The minimum atomic E-state index is -0.335. The molecule has 0 unspecified atom stereocenters. The predicted molar refractivity (Wildman–Crippen MR) is 99.2 cm³/mol. The summed E-state index contributed by atoms with van der Waals surface area (Å²) in [7, 11) is 0. The molecule has 2 amide bonds. The number of nitrogens with one attached hydrogen (secondary N) is 2. The summed E-state index contributed by atoms with van der Waals surface area (Å²) >= 11 is 9.18. The van der Waals surface area contributed by atoms with Crippen molar-refractivity contribution in [1.29, 1.82) is 0 Å². The van der Waals surface area contributed by atoms with E-state index in [9.17, 15) is 9.59 Å². The Kier molecular flexibility index (Phi) is 6.96. The van der Waals surface area contributed by atoms with E-state index >= 15 is 0 Å². The second kappa shape index (κ2) is 9.20. The van der Waals surface area contributed by atoms with E-state index in [4.69, 9.17) is 11.6 Å². The average molecular weight is 409 g/mol. The zero-order valence-corrected chi connectivity index (χ0v) is 15.0. The van der Waals surface area contributed by atoms with Crippen LogP contribution in [-0.2, 0) is 9.59 Å². The Morgan fingerprint density at radius 1 is 1.08 bits per heavy atom. The second-order valence-corrected chi connectivity index (χ2v) is 6.26. The number of hydrogen-bond acceptors (Lipinski definition) is 3. The van der Waals surface area contributed by atoms with E-state index < -0.39 is 0 Å². The van der Waals surface area contributed by atoms with E-state index in [-0.39, 0.29) is 24.7 Å². The van der Waals surface area contributed by atoms with E-state index in [2.05, 4.69) is 31.8 Å². The molecule has 0 fully saturated rings. The Bertz CT molecular complexity index is 765. The van der Waals surface area contributed by atoms with E-state index in [1.165, 1.54) is 6.21 Å². The first-order valence-corrected chi connectivity index (χ1v) is 8.33. The molecule has 0 bridgehead atoms. The molecule has 0 atom stereocenters. The number of rotatable bonds is 6. The van der Waals surface area contributed by atoms with Crippen LogP contribution in [0.4, 0.5) is 5.69 Å². The van der Waals surface area contributed by atoms with Gasteiger partial charge >= 0.3 is 0 Å². The molecule has 2 aromatic carbocycles. The third-order valence-electron chi connectivity index (χ3n) is 2.94. The fraction of sp³-hybridized carbons (Fsp3) is 0.118. The molecule has 7 heteroatoms. The van der Waals surface area contributed by atoms with Gasteiger partial charge in [-0.05, 0) is 35.9 Å². The van der Waals surface area contributed by atoms with E-state index in [0.717, 1.165) is 10.0 Å². The third kappa shape index (κ3) is 6.52. The topological polar surface area (TPSA) is 70.6 Å². The summed E-state index contributed by atoms with van der Waals surface area (Å²) in [6, 6.07) is 14.3. The van der Waals surface area contributed by atoms with Gasteiger partial charge in [0.05, 0.1) is 6.21 Å².